The lowest BCUT2D eigenvalue weighted by Gasteiger charge is -2.22. The smallest absolute Gasteiger partial charge is 0.0640 e. The minimum absolute atomic E-state index is 0.544. The third kappa shape index (κ3) is 2.71. The molecule has 0 saturated carbocycles. The van der Waals surface area contributed by atoms with Crippen LogP contribution in [-0.2, 0) is 0 Å². The second-order valence-electron chi connectivity index (χ2n) is 2.81. The van der Waals surface area contributed by atoms with Crippen molar-refractivity contribution in [3.8, 4) is 6.07 Å². The lowest BCUT2D eigenvalue weighted by Crippen LogP contribution is -2.23. The van der Waals surface area contributed by atoms with E-state index in [1.807, 2.05) is 6.07 Å². The van der Waals surface area contributed by atoms with Gasteiger partial charge in [-0.25, -0.2) is 0 Å². The Hall–Kier alpha value is -1.08. The molecule has 0 N–H and O–H groups in total. The number of hydrogen-bond donors (Lipinski definition) is 0. The molecule has 4 heteroatoms. The van der Waals surface area contributed by atoms with Crippen molar-refractivity contribution in [1.29, 1.82) is 5.26 Å². The summed E-state index contributed by atoms with van der Waals surface area (Å²) in [6.07, 6.45) is 4.07. The number of nitriles is 1. The molecule has 0 atom stereocenters. The Morgan fingerprint density at radius 3 is 3.00 bits per heavy atom. The van der Waals surface area contributed by atoms with Crippen LogP contribution in [0.15, 0.2) is 22.9 Å². The molecule has 1 aromatic heterocycles. The molecule has 0 aromatic carbocycles. The van der Waals surface area contributed by atoms with Crippen LogP contribution in [0, 0.1) is 11.3 Å². The Bertz CT molecular complexity index is 332. The van der Waals surface area contributed by atoms with E-state index >= 15 is 0 Å². The van der Waals surface area contributed by atoms with E-state index in [0.29, 0.717) is 6.42 Å². The third-order valence-corrected chi connectivity index (χ3v) is 2.58. The Kier molecular flexibility index (Phi) is 4.41. The Morgan fingerprint density at radius 1 is 1.64 bits per heavy atom. The van der Waals surface area contributed by atoms with Gasteiger partial charge in [-0.2, -0.15) is 5.26 Å². The quantitative estimate of drug-likeness (QED) is 0.829. The Morgan fingerprint density at radius 2 is 2.43 bits per heavy atom. The van der Waals surface area contributed by atoms with Crippen LogP contribution in [-0.4, -0.2) is 18.1 Å². The van der Waals surface area contributed by atoms with Crippen molar-refractivity contribution >= 4 is 21.6 Å². The first-order chi connectivity index (χ1) is 6.79. The lowest BCUT2D eigenvalue weighted by atomic mass is 10.3. The van der Waals surface area contributed by atoms with Gasteiger partial charge in [-0.15, -0.1) is 0 Å². The van der Waals surface area contributed by atoms with Crippen LogP contribution in [0.4, 0.5) is 5.69 Å². The third-order valence-electron chi connectivity index (χ3n) is 1.97. The molecule has 0 unspecified atom stereocenters. The van der Waals surface area contributed by atoms with Gasteiger partial charge in [-0.05, 0) is 28.9 Å². The molecule has 1 heterocycles. The van der Waals surface area contributed by atoms with Gasteiger partial charge < -0.3 is 4.90 Å². The monoisotopic (exact) mass is 253 g/mol. The number of pyridine rings is 1. The van der Waals surface area contributed by atoms with Gasteiger partial charge in [0.2, 0.25) is 0 Å². The van der Waals surface area contributed by atoms with E-state index in [1.165, 1.54) is 0 Å². The molecule has 3 nitrogen and oxygen atoms in total. The molecule has 1 rings (SSSR count). The molecule has 0 aliphatic rings. The minimum Gasteiger partial charge on any atom is -0.370 e. The molecule has 0 aliphatic heterocycles. The van der Waals surface area contributed by atoms with Gasteiger partial charge >= 0.3 is 0 Å². The summed E-state index contributed by atoms with van der Waals surface area (Å²) in [5.41, 5.74) is 1.10. The summed E-state index contributed by atoms with van der Waals surface area (Å²) in [4.78, 5) is 6.15. The first-order valence-corrected chi connectivity index (χ1v) is 5.30. The maximum Gasteiger partial charge on any atom is 0.0640 e. The highest BCUT2D eigenvalue weighted by molar-refractivity contribution is 9.10. The number of rotatable bonds is 4. The van der Waals surface area contributed by atoms with Gasteiger partial charge in [0.1, 0.15) is 0 Å². The maximum absolute atomic E-state index is 8.53. The maximum atomic E-state index is 8.53. The fourth-order valence-electron chi connectivity index (χ4n) is 1.26. The molecule has 0 amide bonds. The van der Waals surface area contributed by atoms with Gasteiger partial charge in [-0.3, -0.25) is 4.98 Å². The van der Waals surface area contributed by atoms with Crippen LogP contribution < -0.4 is 4.90 Å². The predicted molar refractivity (Wildman–Crippen MR) is 60.1 cm³/mol. The fourth-order valence-corrected chi connectivity index (χ4v) is 1.76. The number of anilines is 1. The molecule has 0 saturated heterocycles. The Labute approximate surface area is 92.5 Å². The van der Waals surface area contributed by atoms with Gasteiger partial charge in [0.05, 0.1) is 22.7 Å². The highest BCUT2D eigenvalue weighted by Gasteiger charge is 2.06. The highest BCUT2D eigenvalue weighted by Crippen LogP contribution is 2.24. The molecule has 0 bridgehead atoms. The van der Waals surface area contributed by atoms with Gasteiger partial charge in [-0.1, -0.05) is 0 Å². The van der Waals surface area contributed by atoms with E-state index < -0.39 is 0 Å². The van der Waals surface area contributed by atoms with E-state index in [2.05, 4.69) is 38.8 Å². The Balaban J connectivity index is 2.79. The summed E-state index contributed by atoms with van der Waals surface area (Å²) in [7, 11) is 0. The topological polar surface area (TPSA) is 39.9 Å². The van der Waals surface area contributed by atoms with E-state index in [-0.39, 0.29) is 0 Å². The molecule has 74 valence electrons. The van der Waals surface area contributed by atoms with Gasteiger partial charge in [0, 0.05) is 25.5 Å². The van der Waals surface area contributed by atoms with Crippen molar-refractivity contribution in [2.75, 3.05) is 18.0 Å². The minimum atomic E-state index is 0.544. The molecule has 0 aliphatic carbocycles. The molecule has 14 heavy (non-hydrogen) atoms. The van der Waals surface area contributed by atoms with Crippen LogP contribution >= 0.6 is 15.9 Å². The van der Waals surface area contributed by atoms with Crippen LogP contribution in [0.2, 0.25) is 0 Å². The summed E-state index contributed by atoms with van der Waals surface area (Å²) in [6, 6.07) is 4.10. The number of aromatic nitrogens is 1. The second kappa shape index (κ2) is 5.61. The van der Waals surface area contributed by atoms with Crippen LogP contribution in [0.1, 0.15) is 13.3 Å². The van der Waals surface area contributed by atoms with Crippen molar-refractivity contribution < 1.29 is 0 Å². The van der Waals surface area contributed by atoms with E-state index in [4.69, 9.17) is 5.26 Å². The summed E-state index contributed by atoms with van der Waals surface area (Å²) in [6.45, 7) is 3.73. The van der Waals surface area contributed by atoms with Crippen LogP contribution in [0.5, 0.6) is 0 Å². The van der Waals surface area contributed by atoms with Gasteiger partial charge in [0.25, 0.3) is 0 Å². The fraction of sp³-hybridized carbons (Fsp3) is 0.400. The normalized spacial score (nSPS) is 9.50. The highest BCUT2D eigenvalue weighted by atomic mass is 79.9. The number of hydrogen-bond acceptors (Lipinski definition) is 3. The zero-order valence-electron chi connectivity index (χ0n) is 8.07. The standard InChI is InChI=1S/C10H12BrN3/c1-2-14(7-3-5-12)10-4-6-13-8-9(10)11/h4,6,8H,2-3,7H2,1H3. The van der Waals surface area contributed by atoms with E-state index in [9.17, 15) is 0 Å². The van der Waals surface area contributed by atoms with E-state index in [0.717, 1.165) is 23.2 Å². The SMILES string of the molecule is CCN(CCC#N)c1ccncc1Br. The van der Waals surface area contributed by atoms with E-state index in [1.54, 1.807) is 12.4 Å². The molecule has 1 aromatic rings. The summed E-state index contributed by atoms with van der Waals surface area (Å²) < 4.78 is 0.972. The van der Waals surface area contributed by atoms with Crippen LogP contribution in [0.3, 0.4) is 0 Å². The van der Waals surface area contributed by atoms with Crippen molar-refractivity contribution in [2.45, 2.75) is 13.3 Å². The molecule has 0 radical (unpaired) electrons. The average Bonchev–Trinajstić information content (AvgIpc) is 2.21. The van der Waals surface area contributed by atoms with Crippen molar-refractivity contribution in [3.63, 3.8) is 0 Å². The molecule has 0 fully saturated rings. The van der Waals surface area contributed by atoms with Crippen LogP contribution in [0.25, 0.3) is 0 Å². The number of nitrogens with zero attached hydrogens (tertiary/aromatic N) is 3. The zero-order chi connectivity index (χ0) is 10.4. The largest absolute Gasteiger partial charge is 0.370 e. The van der Waals surface area contributed by atoms with Crippen molar-refractivity contribution in [1.82, 2.24) is 4.98 Å². The van der Waals surface area contributed by atoms with Crippen molar-refractivity contribution in [2.24, 2.45) is 0 Å². The van der Waals surface area contributed by atoms with Gasteiger partial charge in [0.15, 0.2) is 0 Å². The zero-order valence-corrected chi connectivity index (χ0v) is 9.66. The molecular formula is C10H12BrN3. The first kappa shape index (κ1) is 11.0. The average molecular weight is 254 g/mol. The predicted octanol–water partition coefficient (Wildman–Crippen LogP) is 2.58. The first-order valence-electron chi connectivity index (χ1n) is 4.51. The lowest BCUT2D eigenvalue weighted by molar-refractivity contribution is 0.823. The summed E-state index contributed by atoms with van der Waals surface area (Å²) in [5, 5.41) is 8.53. The second-order valence-corrected chi connectivity index (χ2v) is 3.67. The molecule has 0 spiro atoms. The number of halogens is 1. The summed E-state index contributed by atoms with van der Waals surface area (Å²) >= 11 is 3.44. The molecular weight excluding hydrogens is 242 g/mol. The van der Waals surface area contributed by atoms with Crippen molar-refractivity contribution in [3.05, 3.63) is 22.9 Å². The summed E-state index contributed by atoms with van der Waals surface area (Å²) in [5.74, 6) is 0.